The Bertz CT molecular complexity index is 373. The van der Waals surface area contributed by atoms with Crippen molar-refractivity contribution < 1.29 is 14.8 Å². The molecule has 18 heavy (non-hydrogen) atoms. The zero-order valence-electron chi connectivity index (χ0n) is 10.8. The summed E-state index contributed by atoms with van der Waals surface area (Å²) < 4.78 is 5.31. The number of nitrogens with two attached hydrogens (primary N) is 1. The van der Waals surface area contributed by atoms with Gasteiger partial charge in [0.1, 0.15) is 6.61 Å². The molecule has 0 unspecified atom stereocenters. The third kappa shape index (κ3) is 3.47. The van der Waals surface area contributed by atoms with Gasteiger partial charge in [-0.1, -0.05) is 30.3 Å². The van der Waals surface area contributed by atoms with Gasteiger partial charge in [-0.25, -0.2) is 4.79 Å². The van der Waals surface area contributed by atoms with Crippen LogP contribution in [0.2, 0.25) is 0 Å². The van der Waals surface area contributed by atoms with Crippen molar-refractivity contribution in [1.82, 2.24) is 4.90 Å². The van der Waals surface area contributed by atoms with E-state index in [-0.39, 0.29) is 6.09 Å². The molecule has 1 aliphatic rings. The molecule has 1 saturated heterocycles. The summed E-state index contributed by atoms with van der Waals surface area (Å²) in [4.78, 5) is 13.7. The van der Waals surface area contributed by atoms with Crippen molar-refractivity contribution in [2.24, 2.45) is 0 Å². The Hall–Kier alpha value is -1.55. The predicted molar refractivity (Wildman–Crippen MR) is 69.1 cm³/mol. The lowest BCUT2D eigenvalue weighted by Gasteiger charge is -2.29. The van der Waals surface area contributed by atoms with Crippen LogP contribution in [0, 0.1) is 0 Å². The smallest absolute Gasteiger partial charge is 0.410 e. The minimum atomic E-state index is -0.187. The summed E-state index contributed by atoms with van der Waals surface area (Å²) in [5, 5.41) is 2.23. The third-order valence-electron chi connectivity index (χ3n) is 3.47. The molecule has 0 bridgehead atoms. The van der Waals surface area contributed by atoms with E-state index in [1.54, 1.807) is 0 Å². The highest BCUT2D eigenvalue weighted by atomic mass is 16.6. The average molecular weight is 249 g/mol. The molecule has 2 N–H and O–H groups in total. The molecule has 0 saturated carbocycles. The number of carbonyl (C=O) groups excluding carboxylic acids is 1. The average Bonchev–Trinajstić information content (AvgIpc) is 2.46. The maximum atomic E-state index is 11.9. The van der Waals surface area contributed by atoms with Gasteiger partial charge in [-0.3, -0.25) is 0 Å². The first-order valence-electron chi connectivity index (χ1n) is 6.54. The highest BCUT2D eigenvalue weighted by Crippen LogP contribution is 2.10. The molecule has 4 heteroatoms. The summed E-state index contributed by atoms with van der Waals surface area (Å²) in [6, 6.07) is 10.4. The summed E-state index contributed by atoms with van der Waals surface area (Å²) in [7, 11) is 2.09. The predicted octanol–water partition coefficient (Wildman–Crippen LogP) is 0.981. The minimum Gasteiger partial charge on any atom is -0.445 e. The van der Waals surface area contributed by atoms with Crippen molar-refractivity contribution in [2.75, 3.05) is 20.1 Å². The summed E-state index contributed by atoms with van der Waals surface area (Å²) in [6.07, 6.45) is 1.92. The molecule has 1 aromatic rings. The van der Waals surface area contributed by atoms with Crippen LogP contribution in [0.25, 0.3) is 0 Å². The minimum absolute atomic E-state index is 0.187. The van der Waals surface area contributed by atoms with E-state index in [9.17, 15) is 4.79 Å². The first-order valence-corrected chi connectivity index (χ1v) is 6.54. The van der Waals surface area contributed by atoms with Crippen molar-refractivity contribution in [3.63, 3.8) is 0 Å². The van der Waals surface area contributed by atoms with Crippen LogP contribution in [-0.4, -0.2) is 37.2 Å². The van der Waals surface area contributed by atoms with E-state index in [4.69, 9.17) is 4.74 Å². The van der Waals surface area contributed by atoms with Crippen molar-refractivity contribution in [3.8, 4) is 0 Å². The number of nitrogens with zero attached hydrogens (tertiary/aromatic N) is 1. The largest absolute Gasteiger partial charge is 0.445 e. The number of hydrogen-bond acceptors (Lipinski definition) is 2. The Kier molecular flexibility index (Phi) is 4.59. The highest BCUT2D eigenvalue weighted by Gasteiger charge is 2.24. The van der Waals surface area contributed by atoms with Gasteiger partial charge < -0.3 is 15.0 Å². The van der Waals surface area contributed by atoms with Gasteiger partial charge in [-0.05, 0) is 5.56 Å². The second-order valence-corrected chi connectivity index (χ2v) is 4.70. The van der Waals surface area contributed by atoms with Crippen LogP contribution in [0.4, 0.5) is 4.79 Å². The van der Waals surface area contributed by atoms with Crippen LogP contribution in [0.1, 0.15) is 18.4 Å². The molecule has 1 fully saturated rings. The number of hydrogen-bond donors (Lipinski definition) is 1. The molecule has 1 aromatic carbocycles. The zero-order valence-corrected chi connectivity index (χ0v) is 10.8. The quantitative estimate of drug-likeness (QED) is 0.868. The van der Waals surface area contributed by atoms with Crippen LogP contribution in [0.5, 0.6) is 0 Å². The standard InChI is InChI=1S/C14H20N2O2/c1-15-13-7-9-16(10-8-13)14(17)18-11-12-5-3-2-4-6-12/h2-6,13,15H,7-11H2,1H3/p+1. The topological polar surface area (TPSA) is 46.2 Å². The van der Waals surface area contributed by atoms with Crippen LogP contribution in [-0.2, 0) is 11.3 Å². The molecule has 1 amide bonds. The molecule has 1 heterocycles. The van der Waals surface area contributed by atoms with E-state index in [0.717, 1.165) is 31.5 Å². The lowest BCUT2D eigenvalue weighted by atomic mass is 10.1. The fourth-order valence-corrected chi connectivity index (χ4v) is 2.23. The number of piperidine rings is 1. The van der Waals surface area contributed by atoms with Gasteiger partial charge in [0.2, 0.25) is 0 Å². The molecule has 0 atom stereocenters. The van der Waals surface area contributed by atoms with Crippen molar-refractivity contribution in [1.29, 1.82) is 0 Å². The van der Waals surface area contributed by atoms with Crippen LogP contribution in [0.3, 0.4) is 0 Å². The molecule has 4 nitrogen and oxygen atoms in total. The maximum Gasteiger partial charge on any atom is 0.410 e. The normalized spacial score (nSPS) is 16.6. The molecule has 0 spiro atoms. The SMILES string of the molecule is C[NH2+]C1CCN(C(=O)OCc2ccccc2)CC1. The van der Waals surface area contributed by atoms with E-state index in [2.05, 4.69) is 12.4 Å². The fraction of sp³-hybridized carbons (Fsp3) is 0.500. The number of amides is 1. The molecular formula is C14H21N2O2+. The maximum absolute atomic E-state index is 11.9. The summed E-state index contributed by atoms with van der Waals surface area (Å²) in [5.74, 6) is 0. The van der Waals surface area contributed by atoms with Gasteiger partial charge in [0.15, 0.2) is 0 Å². The summed E-state index contributed by atoms with van der Waals surface area (Å²) in [5.41, 5.74) is 1.03. The van der Waals surface area contributed by atoms with E-state index in [0.29, 0.717) is 12.6 Å². The zero-order chi connectivity index (χ0) is 12.8. The first-order chi connectivity index (χ1) is 8.79. The Labute approximate surface area is 108 Å². The molecule has 0 aromatic heterocycles. The van der Waals surface area contributed by atoms with Gasteiger partial charge in [0, 0.05) is 25.9 Å². The van der Waals surface area contributed by atoms with Crippen molar-refractivity contribution in [2.45, 2.75) is 25.5 Å². The van der Waals surface area contributed by atoms with E-state index in [1.165, 1.54) is 0 Å². The summed E-state index contributed by atoms with van der Waals surface area (Å²) in [6.45, 7) is 1.98. The number of ether oxygens (including phenoxy) is 1. The lowest BCUT2D eigenvalue weighted by Crippen LogP contribution is -2.87. The van der Waals surface area contributed by atoms with Crippen LogP contribution < -0.4 is 5.32 Å². The van der Waals surface area contributed by atoms with Gasteiger partial charge in [0.25, 0.3) is 0 Å². The van der Waals surface area contributed by atoms with E-state index in [1.807, 2.05) is 35.2 Å². The third-order valence-corrected chi connectivity index (χ3v) is 3.47. The summed E-state index contributed by atoms with van der Waals surface area (Å²) >= 11 is 0. The Morgan fingerprint density at radius 2 is 2.00 bits per heavy atom. The van der Waals surface area contributed by atoms with E-state index < -0.39 is 0 Å². The van der Waals surface area contributed by atoms with Crippen molar-refractivity contribution in [3.05, 3.63) is 35.9 Å². The molecule has 2 rings (SSSR count). The number of carbonyl (C=O) groups is 1. The highest BCUT2D eigenvalue weighted by molar-refractivity contribution is 5.67. The number of benzene rings is 1. The lowest BCUT2D eigenvalue weighted by molar-refractivity contribution is -0.666. The number of likely N-dealkylation sites (tertiary alicyclic amines) is 1. The molecular weight excluding hydrogens is 228 g/mol. The second-order valence-electron chi connectivity index (χ2n) is 4.70. The Morgan fingerprint density at radius 3 is 2.61 bits per heavy atom. The second kappa shape index (κ2) is 6.40. The molecule has 1 aliphatic heterocycles. The van der Waals surface area contributed by atoms with Crippen LogP contribution >= 0.6 is 0 Å². The number of rotatable bonds is 3. The molecule has 98 valence electrons. The fourth-order valence-electron chi connectivity index (χ4n) is 2.23. The Morgan fingerprint density at radius 1 is 1.33 bits per heavy atom. The van der Waals surface area contributed by atoms with E-state index >= 15 is 0 Å². The van der Waals surface area contributed by atoms with Crippen LogP contribution in [0.15, 0.2) is 30.3 Å². The van der Waals surface area contributed by atoms with Gasteiger partial charge in [-0.2, -0.15) is 0 Å². The number of quaternary nitrogens is 1. The van der Waals surface area contributed by atoms with Gasteiger partial charge in [0.05, 0.1) is 13.1 Å². The van der Waals surface area contributed by atoms with Gasteiger partial charge >= 0.3 is 6.09 Å². The van der Waals surface area contributed by atoms with Crippen molar-refractivity contribution >= 4 is 6.09 Å². The monoisotopic (exact) mass is 249 g/mol. The Balaban J connectivity index is 1.75. The molecule has 0 radical (unpaired) electrons. The van der Waals surface area contributed by atoms with Gasteiger partial charge in [-0.15, -0.1) is 0 Å². The molecule has 0 aliphatic carbocycles. The first kappa shape index (κ1) is 12.9.